The lowest BCUT2D eigenvalue weighted by atomic mass is 9.92. The van der Waals surface area contributed by atoms with Crippen molar-refractivity contribution in [2.24, 2.45) is 0 Å². The maximum absolute atomic E-state index is 13.5. The van der Waals surface area contributed by atoms with Gasteiger partial charge in [0.15, 0.2) is 0 Å². The molecule has 6 nitrogen and oxygen atoms in total. The van der Waals surface area contributed by atoms with Crippen molar-refractivity contribution in [2.45, 2.75) is 44.0 Å². The molecule has 1 N–H and O–H groups in total. The zero-order valence-electron chi connectivity index (χ0n) is 18.0. The number of halogens is 3. The van der Waals surface area contributed by atoms with Gasteiger partial charge in [-0.25, -0.2) is 9.97 Å². The highest BCUT2D eigenvalue weighted by Gasteiger charge is 2.30. The van der Waals surface area contributed by atoms with Crippen molar-refractivity contribution in [3.63, 3.8) is 0 Å². The lowest BCUT2D eigenvalue weighted by Gasteiger charge is -2.29. The molecule has 2 unspecified atom stereocenters. The molecule has 0 aliphatic heterocycles. The first-order valence-electron chi connectivity index (χ1n) is 11.0. The molecule has 174 valence electrons. The lowest BCUT2D eigenvalue weighted by Crippen LogP contribution is -2.34. The van der Waals surface area contributed by atoms with Gasteiger partial charge in [0.05, 0.1) is 40.8 Å². The Morgan fingerprint density at radius 1 is 1.03 bits per heavy atom. The van der Waals surface area contributed by atoms with E-state index < -0.39 is 17.8 Å². The van der Waals surface area contributed by atoms with Crippen LogP contribution >= 0.6 is 0 Å². The van der Waals surface area contributed by atoms with Crippen LogP contribution in [0.15, 0.2) is 66.0 Å². The molecule has 3 aromatic heterocycles. The third kappa shape index (κ3) is 4.07. The molecule has 34 heavy (non-hydrogen) atoms. The van der Waals surface area contributed by atoms with Crippen LogP contribution in [0.25, 0.3) is 33.4 Å². The number of hydrogen-bond donors (Lipinski definition) is 1. The molecule has 1 fully saturated rings. The van der Waals surface area contributed by atoms with Crippen molar-refractivity contribution in [3.8, 4) is 22.5 Å². The maximum atomic E-state index is 13.5. The normalized spacial score (nSPS) is 18.8. The quantitative estimate of drug-likeness (QED) is 0.459. The molecule has 0 bridgehead atoms. The second-order valence-electron chi connectivity index (χ2n) is 8.45. The molecule has 0 spiro atoms. The minimum atomic E-state index is -4.45. The smallest absolute Gasteiger partial charge is 0.391 e. The van der Waals surface area contributed by atoms with Crippen LogP contribution in [-0.2, 0) is 6.18 Å². The number of aliphatic hydroxyl groups is 1. The van der Waals surface area contributed by atoms with Gasteiger partial charge in [0.1, 0.15) is 5.52 Å². The van der Waals surface area contributed by atoms with E-state index in [-0.39, 0.29) is 17.0 Å². The number of alkyl halides is 3. The molecule has 3 heterocycles. The Morgan fingerprint density at radius 2 is 1.79 bits per heavy atom. The number of nitrogens with zero attached hydrogens (tertiary/aromatic N) is 4. The largest absolute Gasteiger partial charge is 0.416 e. The highest BCUT2D eigenvalue weighted by Crippen LogP contribution is 2.33. The van der Waals surface area contributed by atoms with Crippen molar-refractivity contribution < 1.29 is 18.3 Å². The molecule has 0 amide bonds. The van der Waals surface area contributed by atoms with Crippen molar-refractivity contribution in [1.29, 1.82) is 0 Å². The van der Waals surface area contributed by atoms with Gasteiger partial charge < -0.3 is 5.11 Å². The summed E-state index contributed by atoms with van der Waals surface area (Å²) < 4.78 is 40.5. The Kier molecular flexibility index (Phi) is 5.65. The number of benzene rings is 1. The zero-order chi connectivity index (χ0) is 23.9. The zero-order valence-corrected chi connectivity index (χ0v) is 18.0. The van der Waals surface area contributed by atoms with Gasteiger partial charge in [0.2, 0.25) is 0 Å². The summed E-state index contributed by atoms with van der Waals surface area (Å²) >= 11 is 0. The molecular formula is C25H21F3N4O2. The van der Waals surface area contributed by atoms with E-state index in [4.69, 9.17) is 0 Å². The highest BCUT2D eigenvalue weighted by molar-refractivity contribution is 5.93. The summed E-state index contributed by atoms with van der Waals surface area (Å²) in [5.74, 6) is 0. The van der Waals surface area contributed by atoms with Crippen molar-refractivity contribution >= 4 is 10.9 Å². The van der Waals surface area contributed by atoms with Crippen LogP contribution in [0, 0.1) is 0 Å². The third-order valence-corrected chi connectivity index (χ3v) is 6.26. The molecule has 2 atom stereocenters. The van der Waals surface area contributed by atoms with Gasteiger partial charge >= 0.3 is 6.18 Å². The molecule has 0 saturated heterocycles. The van der Waals surface area contributed by atoms with Crippen LogP contribution in [0.1, 0.15) is 37.3 Å². The van der Waals surface area contributed by atoms with E-state index in [1.807, 2.05) is 0 Å². The molecule has 1 aliphatic carbocycles. The van der Waals surface area contributed by atoms with E-state index in [9.17, 15) is 23.1 Å². The fourth-order valence-electron chi connectivity index (χ4n) is 4.48. The first kappa shape index (κ1) is 22.2. The summed E-state index contributed by atoms with van der Waals surface area (Å²) in [6.07, 6.45) is 2.65. The van der Waals surface area contributed by atoms with E-state index in [0.717, 1.165) is 25.0 Å². The topological polar surface area (TPSA) is 80.9 Å². The summed E-state index contributed by atoms with van der Waals surface area (Å²) in [6, 6.07) is 9.35. The summed E-state index contributed by atoms with van der Waals surface area (Å²) in [6.45, 7) is 0. The van der Waals surface area contributed by atoms with Crippen molar-refractivity contribution in [2.75, 3.05) is 0 Å². The number of aromatic nitrogens is 4. The molecule has 1 aromatic carbocycles. The lowest BCUT2D eigenvalue weighted by molar-refractivity contribution is -0.137. The Labute approximate surface area is 192 Å². The van der Waals surface area contributed by atoms with Gasteiger partial charge in [-0.1, -0.05) is 25.0 Å². The Bertz CT molecular complexity index is 1390. The summed E-state index contributed by atoms with van der Waals surface area (Å²) in [5, 5.41) is 10.8. The monoisotopic (exact) mass is 466 g/mol. The summed E-state index contributed by atoms with van der Waals surface area (Å²) in [4.78, 5) is 26.8. The van der Waals surface area contributed by atoms with Crippen LogP contribution in [0.2, 0.25) is 0 Å². The average Bonchev–Trinajstić information content (AvgIpc) is 2.84. The number of fused-ring (bicyclic) bond motifs is 1. The molecule has 0 radical (unpaired) electrons. The molecule has 9 heteroatoms. The van der Waals surface area contributed by atoms with E-state index in [0.29, 0.717) is 40.9 Å². The Balaban J connectivity index is 1.71. The van der Waals surface area contributed by atoms with Crippen LogP contribution < -0.4 is 5.56 Å². The van der Waals surface area contributed by atoms with Crippen LogP contribution in [0.4, 0.5) is 13.2 Å². The van der Waals surface area contributed by atoms with E-state index in [1.54, 1.807) is 30.6 Å². The van der Waals surface area contributed by atoms with E-state index >= 15 is 0 Å². The molecule has 1 aliphatic rings. The van der Waals surface area contributed by atoms with Crippen LogP contribution in [0.3, 0.4) is 0 Å². The van der Waals surface area contributed by atoms with Crippen molar-refractivity contribution in [1.82, 2.24) is 19.5 Å². The van der Waals surface area contributed by atoms with Crippen LogP contribution in [0.5, 0.6) is 0 Å². The molecular weight excluding hydrogens is 445 g/mol. The molecule has 5 rings (SSSR count). The Hall–Kier alpha value is -3.59. The van der Waals surface area contributed by atoms with Gasteiger partial charge in [0, 0.05) is 23.5 Å². The standard InChI is InChI=1S/C25H21F3N4O2/c26-25(27,28)17-9-7-15(8-10-17)19-12-18-23(22(31-19)16-4-3-11-29-13-16)30-14-32(24(18)34)20-5-1-2-6-21(20)33/h3-4,7-14,20-21,33H,1-2,5-6H2. The molecule has 1 saturated carbocycles. The van der Waals surface area contributed by atoms with Gasteiger partial charge in [-0.2, -0.15) is 13.2 Å². The number of rotatable bonds is 3. The number of hydrogen-bond acceptors (Lipinski definition) is 5. The number of aliphatic hydroxyl groups excluding tert-OH is 1. The predicted octanol–water partition coefficient (Wildman–Crippen LogP) is 5.02. The van der Waals surface area contributed by atoms with Gasteiger partial charge in [-0.3, -0.25) is 14.3 Å². The molecule has 4 aromatic rings. The van der Waals surface area contributed by atoms with E-state index in [2.05, 4.69) is 15.0 Å². The maximum Gasteiger partial charge on any atom is 0.416 e. The second-order valence-corrected chi connectivity index (χ2v) is 8.45. The van der Waals surface area contributed by atoms with Crippen LogP contribution in [-0.4, -0.2) is 30.7 Å². The third-order valence-electron chi connectivity index (χ3n) is 6.26. The minimum absolute atomic E-state index is 0.282. The predicted molar refractivity (Wildman–Crippen MR) is 121 cm³/mol. The SMILES string of the molecule is O=c1c2cc(-c3ccc(C(F)(F)F)cc3)nc(-c3cccnc3)c2ncn1C1CCCCC1O. The van der Waals surface area contributed by atoms with Crippen molar-refractivity contribution in [3.05, 3.63) is 77.1 Å². The first-order chi connectivity index (χ1) is 16.3. The fraction of sp³-hybridized carbons (Fsp3) is 0.280. The van der Waals surface area contributed by atoms with Gasteiger partial charge in [-0.05, 0) is 43.2 Å². The minimum Gasteiger partial charge on any atom is -0.391 e. The van der Waals surface area contributed by atoms with Gasteiger partial charge in [-0.15, -0.1) is 0 Å². The van der Waals surface area contributed by atoms with E-state index in [1.165, 1.54) is 23.0 Å². The number of pyridine rings is 2. The second kappa shape index (κ2) is 8.64. The highest BCUT2D eigenvalue weighted by atomic mass is 19.4. The average molecular weight is 466 g/mol. The van der Waals surface area contributed by atoms with Gasteiger partial charge in [0.25, 0.3) is 5.56 Å². The first-order valence-corrected chi connectivity index (χ1v) is 11.0. The fourth-order valence-corrected chi connectivity index (χ4v) is 4.48. The Morgan fingerprint density at radius 3 is 2.47 bits per heavy atom. The summed E-state index contributed by atoms with van der Waals surface area (Å²) in [5.41, 5.74) is 1.11. The summed E-state index contributed by atoms with van der Waals surface area (Å²) in [7, 11) is 0.